The summed E-state index contributed by atoms with van der Waals surface area (Å²) in [5.74, 6) is 0.0460. The van der Waals surface area contributed by atoms with Crippen LogP contribution < -0.4 is 10.1 Å². The number of carbonyl (C=O) groups excluding carboxylic acids is 1. The van der Waals surface area contributed by atoms with E-state index >= 15 is 0 Å². The Morgan fingerprint density at radius 2 is 2.22 bits per heavy atom. The Morgan fingerprint density at radius 1 is 1.43 bits per heavy atom. The molecule has 2 aromatic rings. The number of non-ortho nitro benzene ring substituents is 1. The Labute approximate surface area is 137 Å². The standard InChI is InChI=1S/C15H17N3O4S/c1-17(9-12-4-3-7-23-12)10-15(19)16-13-6-5-11(18(20)21)8-14(13)22-2/h3-8H,9-10H2,1-2H3,(H,16,19). The summed E-state index contributed by atoms with van der Waals surface area (Å²) in [6.07, 6.45) is 0. The quantitative estimate of drug-likeness (QED) is 0.621. The number of nitro benzene ring substituents is 1. The van der Waals surface area contributed by atoms with Gasteiger partial charge in [0.2, 0.25) is 5.91 Å². The molecule has 0 aliphatic rings. The summed E-state index contributed by atoms with van der Waals surface area (Å²) in [6.45, 7) is 0.889. The van der Waals surface area contributed by atoms with Gasteiger partial charge in [-0.1, -0.05) is 6.07 Å². The maximum atomic E-state index is 12.1. The molecule has 0 bridgehead atoms. The summed E-state index contributed by atoms with van der Waals surface area (Å²) in [5.41, 5.74) is 0.322. The zero-order chi connectivity index (χ0) is 16.8. The van der Waals surface area contributed by atoms with E-state index in [4.69, 9.17) is 4.74 Å². The molecule has 0 aliphatic heterocycles. The molecule has 0 radical (unpaired) electrons. The number of benzene rings is 1. The normalized spacial score (nSPS) is 10.6. The molecule has 1 aromatic carbocycles. The lowest BCUT2D eigenvalue weighted by molar-refractivity contribution is -0.384. The molecule has 0 atom stereocenters. The number of rotatable bonds is 7. The smallest absolute Gasteiger partial charge is 0.273 e. The number of nitrogens with zero attached hydrogens (tertiary/aromatic N) is 2. The first kappa shape index (κ1) is 16.9. The van der Waals surface area contributed by atoms with Gasteiger partial charge in [0.15, 0.2) is 0 Å². The van der Waals surface area contributed by atoms with E-state index < -0.39 is 4.92 Å². The third-order valence-electron chi connectivity index (χ3n) is 3.09. The SMILES string of the molecule is COc1cc([N+](=O)[O-])ccc1NC(=O)CN(C)Cc1cccs1. The number of anilines is 1. The molecule has 0 saturated carbocycles. The van der Waals surface area contributed by atoms with Gasteiger partial charge in [-0.3, -0.25) is 19.8 Å². The van der Waals surface area contributed by atoms with E-state index in [2.05, 4.69) is 5.32 Å². The number of likely N-dealkylation sites (N-methyl/N-ethyl adjacent to an activating group) is 1. The van der Waals surface area contributed by atoms with Crippen molar-refractivity contribution in [3.63, 3.8) is 0 Å². The van der Waals surface area contributed by atoms with Crippen LogP contribution in [0.1, 0.15) is 4.88 Å². The summed E-state index contributed by atoms with van der Waals surface area (Å²) < 4.78 is 5.10. The molecule has 0 saturated heterocycles. The van der Waals surface area contributed by atoms with Gasteiger partial charge in [0, 0.05) is 17.5 Å². The Hall–Kier alpha value is -2.45. The minimum absolute atomic E-state index is 0.0883. The van der Waals surface area contributed by atoms with Crippen LogP contribution in [0.4, 0.5) is 11.4 Å². The van der Waals surface area contributed by atoms with Crippen LogP contribution in [-0.2, 0) is 11.3 Å². The van der Waals surface area contributed by atoms with Gasteiger partial charge in [0.25, 0.3) is 5.69 Å². The van der Waals surface area contributed by atoms with Crippen molar-refractivity contribution < 1.29 is 14.5 Å². The predicted octanol–water partition coefficient (Wildman–Crippen LogP) is 2.74. The minimum atomic E-state index is -0.511. The Balaban J connectivity index is 1.98. The molecule has 0 fully saturated rings. The summed E-state index contributed by atoms with van der Waals surface area (Å²) >= 11 is 1.64. The summed E-state index contributed by atoms with van der Waals surface area (Å²) in [7, 11) is 3.25. The third-order valence-corrected chi connectivity index (χ3v) is 3.95. The molecule has 2 rings (SSSR count). The van der Waals surface area contributed by atoms with Gasteiger partial charge in [0.1, 0.15) is 5.75 Å². The average Bonchev–Trinajstić information content (AvgIpc) is 2.99. The molecule has 1 heterocycles. The van der Waals surface area contributed by atoms with Crippen LogP contribution in [0.5, 0.6) is 5.75 Å². The van der Waals surface area contributed by atoms with Gasteiger partial charge in [-0.25, -0.2) is 0 Å². The number of nitrogens with one attached hydrogen (secondary N) is 1. The maximum absolute atomic E-state index is 12.1. The predicted molar refractivity (Wildman–Crippen MR) is 88.9 cm³/mol. The summed E-state index contributed by atoms with van der Waals surface area (Å²) in [4.78, 5) is 25.4. The van der Waals surface area contributed by atoms with Crippen LogP contribution in [0.2, 0.25) is 0 Å². The largest absolute Gasteiger partial charge is 0.494 e. The number of methoxy groups -OCH3 is 1. The Morgan fingerprint density at radius 3 is 2.83 bits per heavy atom. The highest BCUT2D eigenvalue weighted by atomic mass is 32.1. The monoisotopic (exact) mass is 335 g/mol. The van der Waals surface area contributed by atoms with Crippen LogP contribution in [0, 0.1) is 10.1 Å². The van der Waals surface area contributed by atoms with Gasteiger partial charge >= 0.3 is 0 Å². The van der Waals surface area contributed by atoms with E-state index in [1.54, 1.807) is 11.3 Å². The molecule has 0 spiro atoms. The first-order valence-electron chi connectivity index (χ1n) is 6.83. The van der Waals surface area contributed by atoms with Crippen molar-refractivity contribution in [1.29, 1.82) is 0 Å². The third kappa shape index (κ3) is 4.76. The zero-order valence-corrected chi connectivity index (χ0v) is 13.6. The van der Waals surface area contributed by atoms with Gasteiger partial charge in [0.05, 0.1) is 30.3 Å². The number of carbonyl (C=O) groups is 1. The van der Waals surface area contributed by atoms with Crippen molar-refractivity contribution in [2.45, 2.75) is 6.54 Å². The molecule has 0 unspecified atom stereocenters. The molecule has 8 heteroatoms. The van der Waals surface area contributed by atoms with Crippen molar-refractivity contribution >= 4 is 28.6 Å². The van der Waals surface area contributed by atoms with Crippen LogP contribution in [-0.4, -0.2) is 36.4 Å². The highest BCUT2D eigenvalue weighted by molar-refractivity contribution is 7.09. The molecule has 1 N–H and O–H groups in total. The molecule has 122 valence electrons. The number of hydrogen-bond donors (Lipinski definition) is 1. The summed E-state index contributed by atoms with van der Waals surface area (Å²) in [5, 5.41) is 15.5. The molecule has 7 nitrogen and oxygen atoms in total. The van der Waals surface area contributed by atoms with Crippen LogP contribution in [0.3, 0.4) is 0 Å². The molecule has 0 aliphatic carbocycles. The second-order valence-corrected chi connectivity index (χ2v) is 5.97. The lowest BCUT2D eigenvalue weighted by atomic mass is 10.2. The molecular formula is C15H17N3O4S. The fourth-order valence-electron chi connectivity index (χ4n) is 2.06. The second-order valence-electron chi connectivity index (χ2n) is 4.94. The Kier molecular flexibility index (Phi) is 5.67. The lowest BCUT2D eigenvalue weighted by Crippen LogP contribution is -2.29. The minimum Gasteiger partial charge on any atom is -0.494 e. The number of amides is 1. The highest BCUT2D eigenvalue weighted by Crippen LogP contribution is 2.28. The van der Waals surface area contributed by atoms with E-state index in [1.165, 1.54) is 30.2 Å². The van der Waals surface area contributed by atoms with Crippen molar-refractivity contribution in [2.75, 3.05) is 26.0 Å². The van der Waals surface area contributed by atoms with Crippen molar-refractivity contribution in [1.82, 2.24) is 4.90 Å². The van der Waals surface area contributed by atoms with Crippen LogP contribution >= 0.6 is 11.3 Å². The van der Waals surface area contributed by atoms with Crippen LogP contribution in [0.15, 0.2) is 35.7 Å². The van der Waals surface area contributed by atoms with Crippen molar-refractivity contribution in [3.05, 3.63) is 50.7 Å². The van der Waals surface area contributed by atoms with Gasteiger partial charge in [-0.15, -0.1) is 11.3 Å². The number of hydrogen-bond acceptors (Lipinski definition) is 6. The molecule has 1 amide bonds. The van der Waals surface area contributed by atoms with E-state index in [9.17, 15) is 14.9 Å². The van der Waals surface area contributed by atoms with Gasteiger partial charge < -0.3 is 10.1 Å². The van der Waals surface area contributed by atoms with Crippen molar-refractivity contribution in [3.8, 4) is 5.75 Å². The molecule has 23 heavy (non-hydrogen) atoms. The number of thiophene rings is 1. The zero-order valence-electron chi connectivity index (χ0n) is 12.8. The van der Waals surface area contributed by atoms with Gasteiger partial charge in [-0.05, 0) is 24.6 Å². The first-order chi connectivity index (χ1) is 11.0. The van der Waals surface area contributed by atoms with E-state index in [-0.39, 0.29) is 23.9 Å². The fraction of sp³-hybridized carbons (Fsp3) is 0.267. The maximum Gasteiger partial charge on any atom is 0.273 e. The average molecular weight is 335 g/mol. The number of nitro groups is 1. The second kappa shape index (κ2) is 7.70. The first-order valence-corrected chi connectivity index (χ1v) is 7.70. The van der Waals surface area contributed by atoms with Crippen molar-refractivity contribution in [2.24, 2.45) is 0 Å². The fourth-order valence-corrected chi connectivity index (χ4v) is 2.84. The van der Waals surface area contributed by atoms with E-state index in [1.807, 2.05) is 29.5 Å². The summed E-state index contributed by atoms with van der Waals surface area (Å²) in [6, 6.07) is 8.06. The lowest BCUT2D eigenvalue weighted by Gasteiger charge is -2.16. The topological polar surface area (TPSA) is 84.7 Å². The van der Waals surface area contributed by atoms with Gasteiger partial charge in [-0.2, -0.15) is 0 Å². The van der Waals surface area contributed by atoms with Crippen LogP contribution in [0.25, 0.3) is 0 Å². The molecular weight excluding hydrogens is 318 g/mol. The highest BCUT2D eigenvalue weighted by Gasteiger charge is 2.14. The Bertz CT molecular complexity index is 688. The van der Waals surface area contributed by atoms with E-state index in [0.29, 0.717) is 12.2 Å². The molecule has 1 aromatic heterocycles. The number of ether oxygens (including phenoxy) is 1. The van der Waals surface area contributed by atoms with E-state index in [0.717, 1.165) is 0 Å².